The second-order valence-electron chi connectivity index (χ2n) is 4.01. The van der Waals surface area contributed by atoms with Gasteiger partial charge in [-0.25, -0.2) is 4.39 Å². The Labute approximate surface area is 108 Å². The molecule has 1 N–H and O–H groups in total. The van der Waals surface area contributed by atoms with Crippen molar-refractivity contribution >= 4 is 23.3 Å². The molecule has 0 aliphatic carbocycles. The fourth-order valence-corrected chi connectivity index (χ4v) is 2.26. The number of hydrogen-bond acceptors (Lipinski definition) is 2. The van der Waals surface area contributed by atoms with Gasteiger partial charge in [-0.1, -0.05) is 6.07 Å². The van der Waals surface area contributed by atoms with Crippen molar-refractivity contribution < 1.29 is 4.39 Å². The van der Waals surface area contributed by atoms with Crippen LogP contribution in [0.2, 0.25) is 0 Å². The lowest BCUT2D eigenvalue weighted by molar-refractivity contribution is 0.627. The molecule has 0 bridgehead atoms. The molecule has 0 radical (unpaired) electrons. The first-order valence-corrected chi connectivity index (χ1v) is 5.92. The van der Waals surface area contributed by atoms with E-state index >= 15 is 0 Å². The minimum atomic E-state index is -0.270. The molecule has 0 aliphatic rings. The minimum absolute atomic E-state index is 0.270. The normalized spacial score (nSPS) is 10.9. The van der Waals surface area contributed by atoms with Crippen molar-refractivity contribution in [2.75, 3.05) is 0 Å². The van der Waals surface area contributed by atoms with Crippen LogP contribution in [-0.2, 0) is 6.54 Å². The van der Waals surface area contributed by atoms with Gasteiger partial charge in [0.25, 0.3) is 0 Å². The van der Waals surface area contributed by atoms with E-state index in [2.05, 4.69) is 9.97 Å². The lowest BCUT2D eigenvalue weighted by Crippen LogP contribution is -2.00. The molecule has 3 rings (SSSR count). The topological polar surface area (TPSA) is 33.6 Å². The monoisotopic (exact) mass is 259 g/mol. The number of rotatable bonds is 2. The van der Waals surface area contributed by atoms with Crippen LogP contribution in [0, 0.1) is 10.6 Å². The van der Waals surface area contributed by atoms with Gasteiger partial charge in [0.2, 0.25) is 0 Å². The first kappa shape index (κ1) is 11.1. The fraction of sp³-hybridized carbons (Fsp3) is 0.0769. The zero-order chi connectivity index (χ0) is 12.5. The van der Waals surface area contributed by atoms with E-state index < -0.39 is 0 Å². The second kappa shape index (κ2) is 4.34. The summed E-state index contributed by atoms with van der Waals surface area (Å²) in [6.45, 7) is 0.530. The summed E-state index contributed by atoms with van der Waals surface area (Å²) in [6, 6.07) is 8.70. The number of aromatic amines is 1. The van der Waals surface area contributed by atoms with E-state index in [9.17, 15) is 4.39 Å². The molecular weight excluding hydrogens is 249 g/mol. The molecule has 18 heavy (non-hydrogen) atoms. The predicted molar refractivity (Wildman–Crippen MR) is 70.4 cm³/mol. The Bertz CT molecular complexity index is 746. The largest absolute Gasteiger partial charge is 0.330 e. The smallest absolute Gasteiger partial charge is 0.178 e. The van der Waals surface area contributed by atoms with E-state index in [0.717, 1.165) is 5.56 Å². The number of aromatic nitrogens is 3. The summed E-state index contributed by atoms with van der Waals surface area (Å²) >= 11 is 5.24. The third-order valence-electron chi connectivity index (χ3n) is 2.83. The molecule has 0 amide bonds. The van der Waals surface area contributed by atoms with Crippen molar-refractivity contribution in [2.24, 2.45) is 0 Å². The highest BCUT2D eigenvalue weighted by Crippen LogP contribution is 2.18. The standard InChI is InChI=1S/C13H10FN3S/c14-10-2-1-3-11-12(10)17(13(18)16-11)8-9-4-6-15-7-5-9/h1-7H,8H2,(H,16,18). The average Bonchev–Trinajstić information content (AvgIpc) is 2.69. The number of fused-ring (bicyclic) bond motifs is 1. The zero-order valence-corrected chi connectivity index (χ0v) is 10.2. The lowest BCUT2D eigenvalue weighted by Gasteiger charge is -2.04. The number of H-pyrrole nitrogens is 1. The Morgan fingerprint density at radius 2 is 2.00 bits per heavy atom. The summed E-state index contributed by atoms with van der Waals surface area (Å²) in [7, 11) is 0. The van der Waals surface area contributed by atoms with Crippen molar-refractivity contribution in [2.45, 2.75) is 6.54 Å². The van der Waals surface area contributed by atoms with E-state index in [1.807, 2.05) is 18.2 Å². The second-order valence-corrected chi connectivity index (χ2v) is 4.39. The maximum absolute atomic E-state index is 13.9. The van der Waals surface area contributed by atoms with Gasteiger partial charge in [0.15, 0.2) is 4.77 Å². The number of pyridine rings is 1. The highest BCUT2D eigenvalue weighted by Gasteiger charge is 2.09. The summed E-state index contributed by atoms with van der Waals surface area (Å²) in [5.74, 6) is -0.270. The van der Waals surface area contributed by atoms with E-state index in [1.54, 1.807) is 23.0 Å². The highest BCUT2D eigenvalue weighted by molar-refractivity contribution is 7.71. The maximum atomic E-state index is 13.9. The first-order valence-electron chi connectivity index (χ1n) is 5.51. The van der Waals surface area contributed by atoms with Crippen LogP contribution >= 0.6 is 12.2 Å². The van der Waals surface area contributed by atoms with Crippen LogP contribution in [0.25, 0.3) is 11.0 Å². The Balaban J connectivity index is 2.17. The van der Waals surface area contributed by atoms with Crippen molar-refractivity contribution in [1.29, 1.82) is 0 Å². The molecular formula is C13H10FN3S. The summed E-state index contributed by atoms with van der Waals surface area (Å²) in [5.41, 5.74) is 2.26. The summed E-state index contributed by atoms with van der Waals surface area (Å²) < 4.78 is 16.1. The van der Waals surface area contributed by atoms with Gasteiger partial charge in [-0.15, -0.1) is 0 Å². The van der Waals surface area contributed by atoms with E-state index in [-0.39, 0.29) is 5.82 Å². The zero-order valence-electron chi connectivity index (χ0n) is 9.43. The molecule has 0 aliphatic heterocycles. The van der Waals surface area contributed by atoms with E-state index in [0.29, 0.717) is 22.3 Å². The average molecular weight is 259 g/mol. The van der Waals surface area contributed by atoms with Gasteiger partial charge < -0.3 is 9.55 Å². The number of nitrogens with zero attached hydrogens (tertiary/aromatic N) is 2. The molecule has 2 aromatic heterocycles. The van der Waals surface area contributed by atoms with Crippen LogP contribution < -0.4 is 0 Å². The van der Waals surface area contributed by atoms with Gasteiger partial charge in [-0.2, -0.15) is 0 Å². The van der Waals surface area contributed by atoms with Crippen LogP contribution in [0.5, 0.6) is 0 Å². The molecule has 90 valence electrons. The highest BCUT2D eigenvalue weighted by atomic mass is 32.1. The number of benzene rings is 1. The molecule has 0 saturated heterocycles. The Kier molecular flexibility index (Phi) is 2.68. The van der Waals surface area contributed by atoms with Crippen molar-refractivity contribution in [3.63, 3.8) is 0 Å². The van der Waals surface area contributed by atoms with E-state index in [4.69, 9.17) is 12.2 Å². The minimum Gasteiger partial charge on any atom is -0.330 e. The quantitative estimate of drug-likeness (QED) is 0.716. The SMILES string of the molecule is Fc1cccc2[nH]c(=S)n(Cc3ccncc3)c12. The number of nitrogens with one attached hydrogen (secondary N) is 1. The number of halogens is 1. The Morgan fingerprint density at radius 3 is 2.78 bits per heavy atom. The lowest BCUT2D eigenvalue weighted by atomic mass is 10.2. The third-order valence-corrected chi connectivity index (χ3v) is 3.16. The van der Waals surface area contributed by atoms with E-state index in [1.165, 1.54) is 6.07 Å². The Morgan fingerprint density at radius 1 is 1.22 bits per heavy atom. The maximum Gasteiger partial charge on any atom is 0.178 e. The van der Waals surface area contributed by atoms with Gasteiger partial charge in [0, 0.05) is 12.4 Å². The van der Waals surface area contributed by atoms with Gasteiger partial charge in [-0.3, -0.25) is 4.98 Å². The van der Waals surface area contributed by atoms with Crippen molar-refractivity contribution in [3.8, 4) is 0 Å². The molecule has 0 unspecified atom stereocenters. The molecule has 0 saturated carbocycles. The Hall–Kier alpha value is -2.01. The molecule has 3 aromatic rings. The van der Waals surface area contributed by atoms with Gasteiger partial charge in [-0.05, 0) is 42.0 Å². The molecule has 0 atom stereocenters. The molecule has 5 heteroatoms. The summed E-state index contributed by atoms with van der Waals surface area (Å²) in [4.78, 5) is 6.97. The van der Waals surface area contributed by atoms with Crippen LogP contribution in [0.4, 0.5) is 4.39 Å². The number of imidazole rings is 1. The van der Waals surface area contributed by atoms with Crippen LogP contribution in [0.1, 0.15) is 5.56 Å². The van der Waals surface area contributed by atoms with Crippen molar-refractivity contribution in [3.05, 3.63) is 58.9 Å². The molecule has 1 aromatic carbocycles. The fourth-order valence-electron chi connectivity index (χ4n) is 2.00. The van der Waals surface area contributed by atoms with Gasteiger partial charge in [0.05, 0.1) is 12.1 Å². The first-order chi connectivity index (χ1) is 8.75. The molecule has 0 spiro atoms. The molecule has 2 heterocycles. The number of para-hydroxylation sites is 1. The van der Waals surface area contributed by atoms with Crippen LogP contribution in [0.3, 0.4) is 0 Å². The number of hydrogen-bond donors (Lipinski definition) is 1. The van der Waals surface area contributed by atoms with Crippen LogP contribution in [0.15, 0.2) is 42.7 Å². The molecule has 0 fully saturated rings. The molecule has 3 nitrogen and oxygen atoms in total. The van der Waals surface area contributed by atoms with Gasteiger partial charge in [0.1, 0.15) is 11.3 Å². The predicted octanol–water partition coefficient (Wildman–Crippen LogP) is 3.28. The van der Waals surface area contributed by atoms with Crippen molar-refractivity contribution in [1.82, 2.24) is 14.5 Å². The summed E-state index contributed by atoms with van der Waals surface area (Å²) in [5, 5.41) is 0. The summed E-state index contributed by atoms with van der Waals surface area (Å²) in [6.07, 6.45) is 3.42. The van der Waals surface area contributed by atoms with Crippen LogP contribution in [-0.4, -0.2) is 14.5 Å². The van der Waals surface area contributed by atoms with Gasteiger partial charge >= 0.3 is 0 Å². The third kappa shape index (κ3) is 1.82.